The number of carbonyl (C=O) groups excluding carboxylic acids is 2. The molecule has 0 atom stereocenters. The van der Waals surface area contributed by atoms with E-state index < -0.39 is 0 Å². The average molecular weight is 507 g/mol. The van der Waals surface area contributed by atoms with Gasteiger partial charge in [0.25, 0.3) is 0 Å². The van der Waals surface area contributed by atoms with Gasteiger partial charge in [-0.1, -0.05) is 121 Å². The molecule has 0 aliphatic heterocycles. The molecule has 4 rings (SSSR count). The second kappa shape index (κ2) is 12.4. The van der Waals surface area contributed by atoms with Crippen LogP contribution >= 0.6 is 23.5 Å². The van der Waals surface area contributed by atoms with Gasteiger partial charge in [0.15, 0.2) is 10.2 Å². The highest BCUT2D eigenvalue weighted by molar-refractivity contribution is 8.13. The zero-order chi connectivity index (χ0) is 25.3. The maximum Gasteiger partial charge on any atom is 0.190 e. The van der Waals surface area contributed by atoms with Gasteiger partial charge >= 0.3 is 0 Å². The lowest BCUT2D eigenvalue weighted by molar-refractivity contribution is -0.109. The van der Waals surface area contributed by atoms with Crippen molar-refractivity contribution in [2.75, 3.05) is 0 Å². The van der Waals surface area contributed by atoms with Crippen molar-refractivity contribution in [2.45, 2.75) is 23.6 Å². The quantitative estimate of drug-likeness (QED) is 0.185. The standard InChI is InChI=1S/C32H26O2S2/c1-23(33)35-31-19-11-27(12-20-31)5-3-25-7-15-29(16-8-25)30-17-9-26(10-18-30)4-6-28-13-21-32(22-14-28)36-24(2)34/h3-22H,1-2H3/b5-3+,6-4+. The molecule has 178 valence electrons. The SMILES string of the molecule is CC(=O)Sc1ccc(/C=C/c2ccc(-c3ccc(/C=C/c4ccc(SC(C)=O)cc4)cc3)cc2)cc1. The Morgan fingerprint density at radius 2 is 0.694 bits per heavy atom. The van der Waals surface area contributed by atoms with Crippen molar-refractivity contribution in [3.63, 3.8) is 0 Å². The zero-order valence-corrected chi connectivity index (χ0v) is 21.8. The van der Waals surface area contributed by atoms with Crippen molar-refractivity contribution < 1.29 is 9.59 Å². The summed E-state index contributed by atoms with van der Waals surface area (Å²) in [4.78, 5) is 24.3. The molecule has 0 aliphatic rings. The molecular formula is C32H26O2S2. The van der Waals surface area contributed by atoms with Crippen LogP contribution in [0.2, 0.25) is 0 Å². The molecule has 0 saturated heterocycles. The number of rotatable bonds is 7. The first kappa shape index (κ1) is 25.5. The van der Waals surface area contributed by atoms with Gasteiger partial charge in [-0.05, 0) is 57.6 Å². The molecule has 2 nitrogen and oxygen atoms in total. The third-order valence-electron chi connectivity index (χ3n) is 5.37. The summed E-state index contributed by atoms with van der Waals surface area (Å²) >= 11 is 2.50. The van der Waals surface area contributed by atoms with Crippen molar-refractivity contribution in [1.82, 2.24) is 0 Å². The molecule has 4 aromatic rings. The first-order valence-corrected chi connectivity index (χ1v) is 13.2. The number of hydrogen-bond donors (Lipinski definition) is 0. The molecule has 0 fully saturated rings. The van der Waals surface area contributed by atoms with Gasteiger partial charge in [-0.2, -0.15) is 0 Å². The fraction of sp³-hybridized carbons (Fsp3) is 0.0625. The van der Waals surface area contributed by atoms with Crippen LogP contribution in [0.15, 0.2) is 107 Å². The molecule has 0 amide bonds. The summed E-state index contributed by atoms with van der Waals surface area (Å²) in [6.07, 6.45) is 8.34. The lowest BCUT2D eigenvalue weighted by Crippen LogP contribution is -1.82. The molecule has 0 saturated carbocycles. The van der Waals surface area contributed by atoms with Gasteiger partial charge in [-0.15, -0.1) is 0 Å². The van der Waals surface area contributed by atoms with E-state index in [1.165, 1.54) is 34.7 Å². The third kappa shape index (κ3) is 7.70. The van der Waals surface area contributed by atoms with Crippen molar-refractivity contribution >= 4 is 58.1 Å². The predicted octanol–water partition coefficient (Wildman–Crippen LogP) is 8.97. The highest BCUT2D eigenvalue weighted by Crippen LogP contribution is 2.24. The minimum atomic E-state index is 0.0947. The van der Waals surface area contributed by atoms with Gasteiger partial charge in [0.05, 0.1) is 0 Å². The number of thioether (sulfide) groups is 2. The molecule has 0 aliphatic carbocycles. The summed E-state index contributed by atoms with van der Waals surface area (Å²) in [7, 11) is 0. The predicted molar refractivity (Wildman–Crippen MR) is 156 cm³/mol. The maximum absolute atomic E-state index is 11.2. The van der Waals surface area contributed by atoms with Gasteiger partial charge in [-0.25, -0.2) is 0 Å². The Morgan fingerprint density at radius 3 is 0.944 bits per heavy atom. The van der Waals surface area contributed by atoms with Crippen LogP contribution in [0, 0.1) is 0 Å². The summed E-state index contributed by atoms with van der Waals surface area (Å²) < 4.78 is 0. The van der Waals surface area contributed by atoms with Crippen molar-refractivity contribution in [1.29, 1.82) is 0 Å². The van der Waals surface area contributed by atoms with Crippen molar-refractivity contribution in [3.05, 3.63) is 119 Å². The van der Waals surface area contributed by atoms with E-state index in [2.05, 4.69) is 72.8 Å². The van der Waals surface area contributed by atoms with Gasteiger partial charge in [0.1, 0.15) is 0 Å². The van der Waals surface area contributed by atoms with Gasteiger partial charge in [0.2, 0.25) is 0 Å². The van der Waals surface area contributed by atoms with Crippen molar-refractivity contribution in [2.24, 2.45) is 0 Å². The Bertz CT molecular complexity index is 1270. The van der Waals surface area contributed by atoms with Crippen LogP contribution < -0.4 is 0 Å². The van der Waals surface area contributed by atoms with Crippen LogP contribution in [0.4, 0.5) is 0 Å². The van der Waals surface area contributed by atoms with Crippen molar-refractivity contribution in [3.8, 4) is 11.1 Å². The van der Waals surface area contributed by atoms with E-state index in [0.29, 0.717) is 0 Å². The molecule has 0 bridgehead atoms. The minimum Gasteiger partial charge on any atom is -0.287 e. The van der Waals surface area contributed by atoms with Crippen LogP contribution in [-0.2, 0) is 9.59 Å². The molecule has 4 heteroatoms. The van der Waals surface area contributed by atoms with E-state index in [0.717, 1.165) is 32.0 Å². The first-order valence-electron chi connectivity index (χ1n) is 11.6. The summed E-state index contributed by atoms with van der Waals surface area (Å²) in [6, 6.07) is 33.0. The number of carbonyl (C=O) groups is 2. The van der Waals surface area contributed by atoms with E-state index in [1.807, 2.05) is 48.5 Å². The number of hydrogen-bond acceptors (Lipinski definition) is 4. The van der Waals surface area contributed by atoms with Gasteiger partial charge in [-0.3, -0.25) is 9.59 Å². The highest BCUT2D eigenvalue weighted by Gasteiger charge is 2.00. The molecule has 4 aromatic carbocycles. The Balaban J connectivity index is 1.36. The number of benzene rings is 4. The second-order valence-electron chi connectivity index (χ2n) is 8.24. The fourth-order valence-corrected chi connectivity index (χ4v) is 4.79. The molecule has 36 heavy (non-hydrogen) atoms. The van der Waals surface area contributed by atoms with Gasteiger partial charge < -0.3 is 0 Å². The summed E-state index contributed by atoms with van der Waals surface area (Å²) in [6.45, 7) is 3.15. The molecule has 0 spiro atoms. The molecule has 0 N–H and O–H groups in total. The van der Waals surface area contributed by atoms with Gasteiger partial charge in [0, 0.05) is 23.6 Å². The van der Waals surface area contributed by atoms with E-state index in [1.54, 1.807) is 13.8 Å². The van der Waals surface area contributed by atoms with Crippen LogP contribution in [0.25, 0.3) is 35.4 Å². The highest BCUT2D eigenvalue weighted by atomic mass is 32.2. The Labute approximate surface area is 221 Å². The minimum absolute atomic E-state index is 0.0947. The largest absolute Gasteiger partial charge is 0.287 e. The first-order chi connectivity index (χ1) is 17.4. The van der Waals surface area contributed by atoms with E-state index in [9.17, 15) is 9.59 Å². The van der Waals surface area contributed by atoms with E-state index in [-0.39, 0.29) is 10.2 Å². The molecule has 0 unspecified atom stereocenters. The maximum atomic E-state index is 11.2. The normalized spacial score (nSPS) is 11.3. The van der Waals surface area contributed by atoms with Crippen LogP contribution in [0.1, 0.15) is 36.1 Å². The summed E-state index contributed by atoms with van der Waals surface area (Å²) in [5.74, 6) is 0. The summed E-state index contributed by atoms with van der Waals surface area (Å²) in [5, 5.41) is 0.189. The zero-order valence-electron chi connectivity index (χ0n) is 20.2. The van der Waals surface area contributed by atoms with Crippen LogP contribution in [0.5, 0.6) is 0 Å². The fourth-order valence-electron chi connectivity index (χ4n) is 3.58. The third-order valence-corrected chi connectivity index (χ3v) is 6.97. The summed E-state index contributed by atoms with van der Waals surface area (Å²) in [5.41, 5.74) is 6.81. The lowest BCUT2D eigenvalue weighted by Gasteiger charge is -2.04. The average Bonchev–Trinajstić information content (AvgIpc) is 2.88. The monoisotopic (exact) mass is 506 g/mol. The van der Waals surface area contributed by atoms with E-state index >= 15 is 0 Å². The van der Waals surface area contributed by atoms with Crippen LogP contribution in [-0.4, -0.2) is 10.2 Å². The molecule has 0 aromatic heterocycles. The lowest BCUT2D eigenvalue weighted by atomic mass is 10.0. The second-order valence-corrected chi connectivity index (χ2v) is 10.7. The van der Waals surface area contributed by atoms with E-state index in [4.69, 9.17) is 0 Å². The topological polar surface area (TPSA) is 34.1 Å². The smallest absolute Gasteiger partial charge is 0.190 e. The Kier molecular flexibility index (Phi) is 8.77. The molecule has 0 radical (unpaired) electrons. The Hall–Kier alpha value is -3.60. The van der Waals surface area contributed by atoms with Crippen LogP contribution in [0.3, 0.4) is 0 Å². The molecule has 0 heterocycles. The molecular weight excluding hydrogens is 480 g/mol. The Morgan fingerprint density at radius 1 is 0.444 bits per heavy atom.